The first-order valence-corrected chi connectivity index (χ1v) is 10.8. The van der Waals surface area contributed by atoms with Gasteiger partial charge in [-0.3, -0.25) is 9.36 Å². The van der Waals surface area contributed by atoms with Crippen molar-refractivity contribution in [2.75, 3.05) is 36.1 Å². The summed E-state index contributed by atoms with van der Waals surface area (Å²) in [5.41, 5.74) is 14.9. The van der Waals surface area contributed by atoms with Crippen molar-refractivity contribution in [2.24, 2.45) is 0 Å². The van der Waals surface area contributed by atoms with Gasteiger partial charge in [0.1, 0.15) is 23.5 Å². The Labute approximate surface area is 190 Å². The Kier molecular flexibility index (Phi) is 5.18. The van der Waals surface area contributed by atoms with Crippen LogP contribution >= 0.6 is 0 Å². The summed E-state index contributed by atoms with van der Waals surface area (Å²) in [6.07, 6.45) is 0. The van der Waals surface area contributed by atoms with Gasteiger partial charge in [-0.15, -0.1) is 0 Å². The molecule has 0 saturated carbocycles. The summed E-state index contributed by atoms with van der Waals surface area (Å²) in [6, 6.07) is 14.8. The fourth-order valence-electron chi connectivity index (χ4n) is 4.35. The number of nitrogens with zero attached hydrogens (tertiary/aromatic N) is 5. The lowest BCUT2D eigenvalue weighted by atomic mass is 10.1. The first kappa shape index (κ1) is 20.9. The number of hydrogen-bond acceptors (Lipinski definition) is 8. The van der Waals surface area contributed by atoms with Gasteiger partial charge in [-0.25, -0.2) is 4.98 Å². The molecular weight excluding hydrogens is 418 g/mol. The molecule has 1 aliphatic heterocycles. The summed E-state index contributed by atoms with van der Waals surface area (Å²) >= 11 is 0. The predicted octanol–water partition coefficient (Wildman–Crippen LogP) is 2.53. The molecule has 33 heavy (non-hydrogen) atoms. The lowest BCUT2D eigenvalue weighted by molar-refractivity contribution is 0.0906. The van der Waals surface area contributed by atoms with Crippen molar-refractivity contribution < 1.29 is 4.74 Å². The Morgan fingerprint density at radius 2 is 1.79 bits per heavy atom. The van der Waals surface area contributed by atoms with Crippen molar-refractivity contribution in [1.82, 2.24) is 19.5 Å². The van der Waals surface area contributed by atoms with E-state index in [-0.39, 0.29) is 17.5 Å². The molecule has 3 heterocycles. The molecule has 0 radical (unpaired) electrons. The number of nitrogens with two attached hydrogens (primary N) is 2. The summed E-state index contributed by atoms with van der Waals surface area (Å²) < 4.78 is 7.52. The molecule has 9 heteroatoms. The van der Waals surface area contributed by atoms with E-state index in [1.807, 2.05) is 62.4 Å². The third-order valence-electron chi connectivity index (χ3n) is 6.02. The maximum absolute atomic E-state index is 13.8. The second-order valence-electron chi connectivity index (χ2n) is 8.11. The maximum atomic E-state index is 13.8. The van der Waals surface area contributed by atoms with Crippen LogP contribution in [0, 0.1) is 13.8 Å². The van der Waals surface area contributed by atoms with E-state index in [1.165, 1.54) is 0 Å². The molecule has 1 saturated heterocycles. The van der Waals surface area contributed by atoms with Crippen LogP contribution in [0.4, 0.5) is 17.6 Å². The highest BCUT2D eigenvalue weighted by Gasteiger charge is 2.32. The van der Waals surface area contributed by atoms with Crippen LogP contribution in [0.3, 0.4) is 0 Å². The second-order valence-corrected chi connectivity index (χ2v) is 8.11. The van der Waals surface area contributed by atoms with E-state index in [4.69, 9.17) is 21.2 Å². The van der Waals surface area contributed by atoms with Gasteiger partial charge in [0, 0.05) is 12.1 Å². The van der Waals surface area contributed by atoms with E-state index in [9.17, 15) is 4.79 Å². The number of aromatic nitrogens is 4. The number of benzene rings is 2. The minimum atomic E-state index is -0.385. The number of nitrogen functional groups attached to an aromatic ring is 2. The van der Waals surface area contributed by atoms with Gasteiger partial charge in [-0.2, -0.15) is 9.97 Å². The molecule has 5 rings (SSSR count). The smallest absolute Gasteiger partial charge is 0.266 e. The van der Waals surface area contributed by atoms with Crippen molar-refractivity contribution >= 4 is 28.5 Å². The lowest BCUT2D eigenvalue weighted by Crippen LogP contribution is -2.43. The molecule has 0 amide bonds. The molecule has 1 atom stereocenters. The Hall–Kier alpha value is -3.98. The van der Waals surface area contributed by atoms with E-state index in [0.29, 0.717) is 48.1 Å². The van der Waals surface area contributed by atoms with Crippen LogP contribution in [-0.2, 0) is 4.74 Å². The Morgan fingerprint density at radius 3 is 2.58 bits per heavy atom. The second kappa shape index (κ2) is 8.18. The molecule has 2 aromatic heterocycles. The van der Waals surface area contributed by atoms with Crippen LogP contribution in [0.15, 0.2) is 53.3 Å². The molecule has 0 unspecified atom stereocenters. The summed E-state index contributed by atoms with van der Waals surface area (Å²) in [5.74, 6) is 1.61. The molecule has 0 bridgehead atoms. The maximum Gasteiger partial charge on any atom is 0.266 e. The molecule has 1 aliphatic rings. The van der Waals surface area contributed by atoms with Crippen molar-refractivity contribution in [3.05, 3.63) is 75.8 Å². The monoisotopic (exact) mass is 443 g/mol. The molecule has 4 aromatic rings. The minimum Gasteiger partial charge on any atom is -0.383 e. The first-order valence-electron chi connectivity index (χ1n) is 10.8. The van der Waals surface area contributed by atoms with Gasteiger partial charge in [-0.1, -0.05) is 30.3 Å². The van der Waals surface area contributed by atoms with Crippen LogP contribution in [0.2, 0.25) is 0 Å². The number of morpholine rings is 1. The van der Waals surface area contributed by atoms with Crippen molar-refractivity contribution in [2.45, 2.75) is 19.9 Å². The van der Waals surface area contributed by atoms with Gasteiger partial charge in [0.2, 0.25) is 5.95 Å². The standard InChI is InChI=1S/C24H25N7O2/c1-14-7-6-10-17-19(14)23(32)31(16-8-4-3-5-9-16)22(27-17)18-13-33-12-11-30(18)21-15(2)20(25)28-24(26)29-21/h3-10,18H,11-13H2,1-2H3,(H4,25,26,28,29)/t18-/m0/s1. The van der Waals surface area contributed by atoms with Crippen molar-refractivity contribution in [3.63, 3.8) is 0 Å². The SMILES string of the molecule is Cc1c(N)nc(N)nc1N1CCOC[C@H]1c1nc2cccc(C)c2c(=O)n1-c1ccccc1. The molecule has 4 N–H and O–H groups in total. The van der Waals surface area contributed by atoms with Crippen molar-refractivity contribution in [1.29, 1.82) is 0 Å². The highest BCUT2D eigenvalue weighted by atomic mass is 16.5. The van der Waals surface area contributed by atoms with Gasteiger partial charge < -0.3 is 21.1 Å². The topological polar surface area (TPSA) is 125 Å². The largest absolute Gasteiger partial charge is 0.383 e. The van der Waals surface area contributed by atoms with Gasteiger partial charge in [0.15, 0.2) is 0 Å². The zero-order valence-corrected chi connectivity index (χ0v) is 18.5. The molecule has 168 valence electrons. The number of anilines is 3. The molecule has 0 spiro atoms. The quantitative estimate of drug-likeness (QED) is 0.495. The van der Waals surface area contributed by atoms with Crippen LogP contribution < -0.4 is 21.9 Å². The highest BCUT2D eigenvalue weighted by Crippen LogP contribution is 2.33. The molecular formula is C24H25N7O2. The number of para-hydroxylation sites is 1. The lowest BCUT2D eigenvalue weighted by Gasteiger charge is -2.37. The van der Waals surface area contributed by atoms with Crippen LogP contribution in [0.1, 0.15) is 23.0 Å². The number of rotatable bonds is 3. The van der Waals surface area contributed by atoms with E-state index in [0.717, 1.165) is 16.8 Å². The predicted molar refractivity (Wildman–Crippen MR) is 129 cm³/mol. The number of aryl methyl sites for hydroxylation is 1. The van der Waals surface area contributed by atoms with Crippen molar-refractivity contribution in [3.8, 4) is 5.69 Å². The van der Waals surface area contributed by atoms with Gasteiger partial charge >= 0.3 is 0 Å². The number of ether oxygens (including phenoxy) is 1. The van der Waals surface area contributed by atoms with E-state index in [1.54, 1.807) is 4.57 Å². The molecule has 2 aromatic carbocycles. The van der Waals surface area contributed by atoms with Gasteiger partial charge in [0.05, 0.1) is 29.8 Å². The third kappa shape index (κ3) is 3.56. The fraction of sp³-hybridized carbons (Fsp3) is 0.250. The summed E-state index contributed by atoms with van der Waals surface area (Å²) in [5, 5.41) is 0.597. The molecule has 0 aliphatic carbocycles. The normalized spacial score (nSPS) is 16.3. The Morgan fingerprint density at radius 1 is 1.00 bits per heavy atom. The van der Waals surface area contributed by atoms with Gasteiger partial charge in [-0.05, 0) is 37.6 Å². The first-order chi connectivity index (χ1) is 16.0. The summed E-state index contributed by atoms with van der Waals surface area (Å²) in [6.45, 7) is 5.16. The average Bonchev–Trinajstić information content (AvgIpc) is 2.82. The number of fused-ring (bicyclic) bond motifs is 1. The zero-order valence-electron chi connectivity index (χ0n) is 18.5. The average molecular weight is 444 g/mol. The van der Waals surface area contributed by atoms with E-state index in [2.05, 4.69) is 14.9 Å². The molecule has 1 fully saturated rings. The third-order valence-corrected chi connectivity index (χ3v) is 6.02. The number of hydrogen-bond donors (Lipinski definition) is 2. The van der Waals surface area contributed by atoms with E-state index >= 15 is 0 Å². The highest BCUT2D eigenvalue weighted by molar-refractivity contribution is 5.81. The van der Waals surface area contributed by atoms with Crippen LogP contribution in [0.5, 0.6) is 0 Å². The van der Waals surface area contributed by atoms with Crippen LogP contribution in [-0.4, -0.2) is 39.3 Å². The van der Waals surface area contributed by atoms with E-state index < -0.39 is 0 Å². The van der Waals surface area contributed by atoms with Crippen LogP contribution in [0.25, 0.3) is 16.6 Å². The zero-order chi connectivity index (χ0) is 23.1. The van der Waals surface area contributed by atoms with Gasteiger partial charge in [0.25, 0.3) is 5.56 Å². The minimum absolute atomic E-state index is 0.0980. The Balaban J connectivity index is 1.79. The summed E-state index contributed by atoms with van der Waals surface area (Å²) in [7, 11) is 0. The Bertz CT molecular complexity index is 1400. The summed E-state index contributed by atoms with van der Waals surface area (Å²) in [4.78, 5) is 29.4. The molecule has 9 nitrogen and oxygen atoms in total. The fourth-order valence-corrected chi connectivity index (χ4v) is 4.35.